The number of rotatable bonds is 9. The van der Waals surface area contributed by atoms with E-state index >= 15 is 0 Å². The lowest BCUT2D eigenvalue weighted by Gasteiger charge is -2.43. The summed E-state index contributed by atoms with van der Waals surface area (Å²) in [7, 11) is 1.64. The second-order valence-corrected chi connectivity index (χ2v) is 11.5. The van der Waals surface area contributed by atoms with E-state index in [1.165, 1.54) is 5.56 Å². The maximum absolute atomic E-state index is 14.0. The van der Waals surface area contributed by atoms with Crippen LogP contribution in [-0.4, -0.2) is 73.0 Å². The highest BCUT2D eigenvalue weighted by Crippen LogP contribution is 2.49. The average Bonchev–Trinajstić information content (AvgIpc) is 3.80. The van der Waals surface area contributed by atoms with E-state index in [0.29, 0.717) is 51.5 Å². The molecule has 8 heteroatoms. The molecule has 3 aromatic carbocycles. The maximum atomic E-state index is 14.0. The van der Waals surface area contributed by atoms with Crippen molar-refractivity contribution in [2.24, 2.45) is 5.92 Å². The van der Waals surface area contributed by atoms with Crippen LogP contribution in [0.1, 0.15) is 36.3 Å². The van der Waals surface area contributed by atoms with E-state index in [1.54, 1.807) is 12.0 Å². The number of amides is 3. The van der Waals surface area contributed by atoms with E-state index in [-0.39, 0.29) is 30.2 Å². The molecule has 8 nitrogen and oxygen atoms in total. The number of para-hydroxylation sites is 2. The van der Waals surface area contributed by atoms with Crippen LogP contribution in [0.5, 0.6) is 5.75 Å². The van der Waals surface area contributed by atoms with Crippen molar-refractivity contribution in [3.8, 4) is 5.75 Å². The Balaban J connectivity index is 1.10. The van der Waals surface area contributed by atoms with Gasteiger partial charge < -0.3 is 24.8 Å². The number of benzene rings is 3. The Morgan fingerprint density at radius 1 is 0.929 bits per heavy atom. The van der Waals surface area contributed by atoms with Gasteiger partial charge in [-0.15, -0.1) is 0 Å². The highest BCUT2D eigenvalue weighted by molar-refractivity contribution is 5.96. The molecule has 2 heterocycles. The van der Waals surface area contributed by atoms with E-state index in [1.807, 2.05) is 77.7 Å². The SMILES string of the molecule is COc1ccccc1CCNC(=O)CN1CN(c2ccccc2)C2(CCN(C(=O)C3C[C@H]3c3ccccc3)CC2)C1=O. The lowest BCUT2D eigenvalue weighted by molar-refractivity contribution is -0.140. The Morgan fingerprint density at radius 2 is 1.60 bits per heavy atom. The molecule has 3 amide bonds. The normalized spacial score (nSPS) is 21.0. The Labute approximate surface area is 247 Å². The zero-order valence-corrected chi connectivity index (χ0v) is 24.1. The summed E-state index contributed by atoms with van der Waals surface area (Å²) < 4.78 is 5.41. The van der Waals surface area contributed by atoms with E-state index < -0.39 is 5.54 Å². The third-order valence-electron chi connectivity index (χ3n) is 9.06. The summed E-state index contributed by atoms with van der Waals surface area (Å²) in [5.41, 5.74) is 2.44. The molecule has 3 fully saturated rings. The van der Waals surface area contributed by atoms with Gasteiger partial charge in [0.1, 0.15) is 17.8 Å². The van der Waals surface area contributed by atoms with Gasteiger partial charge in [0.15, 0.2) is 0 Å². The summed E-state index contributed by atoms with van der Waals surface area (Å²) in [5.74, 6) is 1.09. The van der Waals surface area contributed by atoms with E-state index in [2.05, 4.69) is 22.3 Å². The topological polar surface area (TPSA) is 82.2 Å². The summed E-state index contributed by atoms with van der Waals surface area (Å²) >= 11 is 0. The van der Waals surface area contributed by atoms with Crippen molar-refractivity contribution in [3.05, 3.63) is 96.1 Å². The predicted molar refractivity (Wildman–Crippen MR) is 161 cm³/mol. The lowest BCUT2D eigenvalue weighted by atomic mass is 9.85. The molecule has 1 spiro atoms. The lowest BCUT2D eigenvalue weighted by Crippen LogP contribution is -2.57. The van der Waals surface area contributed by atoms with Crippen molar-refractivity contribution in [1.29, 1.82) is 0 Å². The van der Waals surface area contributed by atoms with Crippen molar-refractivity contribution in [3.63, 3.8) is 0 Å². The quantitative estimate of drug-likeness (QED) is 0.426. The minimum absolute atomic E-state index is 0.000679. The molecule has 6 rings (SSSR count). The number of anilines is 1. The molecular formula is C34H38N4O4. The van der Waals surface area contributed by atoms with E-state index in [4.69, 9.17) is 4.74 Å². The third kappa shape index (κ3) is 5.45. The van der Waals surface area contributed by atoms with Crippen LogP contribution in [0.4, 0.5) is 5.69 Å². The fourth-order valence-corrected chi connectivity index (χ4v) is 6.67. The number of likely N-dealkylation sites (tertiary alicyclic amines) is 1. The van der Waals surface area contributed by atoms with Crippen molar-refractivity contribution in [1.82, 2.24) is 15.1 Å². The molecule has 1 N–H and O–H groups in total. The van der Waals surface area contributed by atoms with Gasteiger partial charge in [-0.25, -0.2) is 0 Å². The van der Waals surface area contributed by atoms with Crippen LogP contribution >= 0.6 is 0 Å². The number of nitrogens with one attached hydrogen (secondary N) is 1. The van der Waals surface area contributed by atoms with Crippen LogP contribution in [0.3, 0.4) is 0 Å². The minimum atomic E-state index is -0.766. The van der Waals surface area contributed by atoms with Crippen LogP contribution in [-0.2, 0) is 20.8 Å². The van der Waals surface area contributed by atoms with Crippen molar-refractivity contribution < 1.29 is 19.1 Å². The molecule has 2 saturated heterocycles. The third-order valence-corrected chi connectivity index (χ3v) is 9.06. The largest absolute Gasteiger partial charge is 0.496 e. The molecule has 2 atom stereocenters. The number of methoxy groups -OCH3 is 1. The monoisotopic (exact) mass is 566 g/mol. The Kier molecular flexibility index (Phi) is 7.87. The van der Waals surface area contributed by atoms with Crippen LogP contribution < -0.4 is 15.0 Å². The molecule has 42 heavy (non-hydrogen) atoms. The van der Waals surface area contributed by atoms with Gasteiger partial charge in [-0.1, -0.05) is 66.7 Å². The number of hydrogen-bond acceptors (Lipinski definition) is 5. The molecule has 1 aliphatic carbocycles. The highest BCUT2D eigenvalue weighted by Gasteiger charge is 2.55. The van der Waals surface area contributed by atoms with Crippen molar-refractivity contribution in [2.75, 3.05) is 44.9 Å². The van der Waals surface area contributed by atoms with E-state index in [9.17, 15) is 14.4 Å². The first-order valence-electron chi connectivity index (χ1n) is 14.8. The first kappa shape index (κ1) is 27.8. The van der Waals surface area contributed by atoms with Gasteiger partial charge in [0.25, 0.3) is 5.91 Å². The molecule has 0 radical (unpaired) electrons. The standard InChI is InChI=1S/C34H38N4O4/c1-42-30-15-9-8-12-26(30)16-19-35-31(39)23-37-24-38(27-13-6-3-7-14-27)34(33(37)41)17-20-36(21-18-34)32(40)29-22-28(29)25-10-4-2-5-11-25/h2-15,28-29H,16-24H2,1H3,(H,35,39)/t28-,29?/m0/s1. The van der Waals surface area contributed by atoms with Crippen LogP contribution in [0.15, 0.2) is 84.9 Å². The smallest absolute Gasteiger partial charge is 0.250 e. The van der Waals surface area contributed by atoms with Crippen molar-refractivity contribution >= 4 is 23.4 Å². The molecule has 2 aliphatic heterocycles. The number of carbonyl (C=O) groups excluding carboxylic acids is 3. The number of carbonyl (C=O) groups is 3. The predicted octanol–water partition coefficient (Wildman–Crippen LogP) is 3.83. The number of nitrogens with zero attached hydrogens (tertiary/aromatic N) is 3. The van der Waals surface area contributed by atoms with Gasteiger partial charge >= 0.3 is 0 Å². The fourth-order valence-electron chi connectivity index (χ4n) is 6.67. The zero-order valence-electron chi connectivity index (χ0n) is 24.1. The average molecular weight is 567 g/mol. The summed E-state index contributed by atoms with van der Waals surface area (Å²) in [6.07, 6.45) is 2.61. The van der Waals surface area contributed by atoms with Gasteiger partial charge in [-0.3, -0.25) is 14.4 Å². The zero-order chi connectivity index (χ0) is 29.1. The van der Waals surface area contributed by atoms with Gasteiger partial charge in [0, 0.05) is 31.2 Å². The van der Waals surface area contributed by atoms with E-state index in [0.717, 1.165) is 23.4 Å². The molecule has 0 bridgehead atoms. The van der Waals surface area contributed by atoms with Crippen LogP contribution in [0, 0.1) is 5.92 Å². The molecule has 0 aromatic heterocycles. The van der Waals surface area contributed by atoms with Gasteiger partial charge in [0.05, 0.1) is 13.8 Å². The summed E-state index contributed by atoms with van der Waals surface area (Å²) in [5, 5.41) is 2.98. The Bertz CT molecular complexity index is 1420. The molecule has 1 unspecified atom stereocenters. The molecule has 218 valence electrons. The minimum Gasteiger partial charge on any atom is -0.496 e. The second kappa shape index (κ2) is 11.9. The van der Waals surface area contributed by atoms with Crippen LogP contribution in [0.2, 0.25) is 0 Å². The summed E-state index contributed by atoms with van der Waals surface area (Å²) in [4.78, 5) is 46.1. The molecular weight excluding hydrogens is 528 g/mol. The Morgan fingerprint density at radius 3 is 2.31 bits per heavy atom. The highest BCUT2D eigenvalue weighted by atomic mass is 16.5. The summed E-state index contributed by atoms with van der Waals surface area (Å²) in [6.45, 7) is 1.86. The first-order valence-corrected chi connectivity index (χ1v) is 14.8. The maximum Gasteiger partial charge on any atom is 0.250 e. The Hall–Kier alpha value is -4.33. The molecule has 1 saturated carbocycles. The molecule has 3 aliphatic rings. The van der Waals surface area contributed by atoms with Crippen molar-refractivity contribution in [2.45, 2.75) is 37.1 Å². The number of piperidine rings is 1. The number of hydrogen-bond donors (Lipinski definition) is 1. The first-order chi connectivity index (χ1) is 20.5. The summed E-state index contributed by atoms with van der Waals surface area (Å²) in [6, 6.07) is 27.9. The van der Waals surface area contributed by atoms with Crippen LogP contribution in [0.25, 0.3) is 0 Å². The molecule has 3 aromatic rings. The van der Waals surface area contributed by atoms with Gasteiger partial charge in [-0.05, 0) is 60.9 Å². The second-order valence-electron chi connectivity index (χ2n) is 11.5. The van der Waals surface area contributed by atoms with Gasteiger partial charge in [-0.2, -0.15) is 0 Å². The number of ether oxygens (including phenoxy) is 1. The van der Waals surface area contributed by atoms with Gasteiger partial charge in [0.2, 0.25) is 11.8 Å². The fraction of sp³-hybridized carbons (Fsp3) is 0.382.